The summed E-state index contributed by atoms with van der Waals surface area (Å²) in [6, 6.07) is 2.87. The van der Waals surface area contributed by atoms with Crippen LogP contribution in [0.25, 0.3) is 0 Å². The van der Waals surface area contributed by atoms with E-state index in [1.54, 1.807) is 0 Å². The van der Waals surface area contributed by atoms with E-state index in [1.165, 1.54) is 34.1 Å². The largest absolute Gasteiger partial charge is 0.309 e. The van der Waals surface area contributed by atoms with Gasteiger partial charge in [-0.2, -0.15) is 23.5 Å². The minimum Gasteiger partial charge on any atom is -0.309 e. The van der Waals surface area contributed by atoms with Crippen LogP contribution in [0.4, 0.5) is 0 Å². The van der Waals surface area contributed by atoms with E-state index in [9.17, 15) is 0 Å². The van der Waals surface area contributed by atoms with Gasteiger partial charge in [-0.15, -0.1) is 11.3 Å². The average molecular weight is 288 g/mol. The third-order valence-electron chi connectivity index (χ3n) is 3.06. The molecule has 0 bridgehead atoms. The van der Waals surface area contributed by atoms with E-state index < -0.39 is 0 Å². The van der Waals surface area contributed by atoms with Crippen LogP contribution in [0.2, 0.25) is 0 Å². The van der Waals surface area contributed by atoms with Crippen LogP contribution in [0.1, 0.15) is 29.8 Å². The first-order valence-electron chi connectivity index (χ1n) is 6.29. The third kappa shape index (κ3) is 3.66. The highest BCUT2D eigenvalue weighted by Crippen LogP contribution is 2.36. The Labute approximate surface area is 117 Å². The van der Waals surface area contributed by atoms with Gasteiger partial charge in [-0.05, 0) is 36.9 Å². The van der Waals surface area contributed by atoms with Crippen molar-refractivity contribution in [2.75, 3.05) is 23.8 Å². The molecule has 1 saturated heterocycles. The van der Waals surface area contributed by atoms with E-state index >= 15 is 0 Å². The fourth-order valence-corrected chi connectivity index (χ4v) is 5.77. The zero-order chi connectivity index (χ0) is 12.1. The predicted octanol–water partition coefficient (Wildman–Crippen LogP) is 3.95. The molecule has 1 aromatic rings. The molecule has 2 rings (SSSR count). The molecule has 1 fully saturated rings. The Balaban J connectivity index is 2.09. The van der Waals surface area contributed by atoms with Gasteiger partial charge in [0.2, 0.25) is 0 Å². The summed E-state index contributed by atoms with van der Waals surface area (Å²) >= 11 is 6.13. The molecule has 0 aliphatic carbocycles. The average Bonchev–Trinajstić information content (AvgIpc) is 2.78. The van der Waals surface area contributed by atoms with Crippen molar-refractivity contribution in [3.63, 3.8) is 0 Å². The quantitative estimate of drug-likeness (QED) is 0.881. The second-order valence-electron chi connectivity index (χ2n) is 4.35. The van der Waals surface area contributed by atoms with E-state index in [1.807, 2.05) is 11.3 Å². The van der Waals surface area contributed by atoms with Gasteiger partial charge in [-0.25, -0.2) is 0 Å². The molecule has 0 spiro atoms. The van der Waals surface area contributed by atoms with Crippen LogP contribution < -0.4 is 5.32 Å². The highest BCUT2D eigenvalue weighted by molar-refractivity contribution is 8.06. The number of thioether (sulfide) groups is 2. The summed E-state index contributed by atoms with van der Waals surface area (Å²) in [5, 5.41) is 6.73. The van der Waals surface area contributed by atoms with Crippen LogP contribution in [0.15, 0.2) is 11.4 Å². The first-order chi connectivity index (χ1) is 8.33. The lowest BCUT2D eigenvalue weighted by Gasteiger charge is -2.30. The van der Waals surface area contributed by atoms with Crippen molar-refractivity contribution in [3.05, 3.63) is 21.9 Å². The van der Waals surface area contributed by atoms with Gasteiger partial charge in [0, 0.05) is 33.4 Å². The molecule has 2 unspecified atom stereocenters. The number of nitrogens with one attached hydrogen (secondary N) is 1. The normalized spacial score (nSPS) is 22.6. The van der Waals surface area contributed by atoms with E-state index in [0.717, 1.165) is 11.8 Å². The smallest absolute Gasteiger partial charge is 0.0459 e. The van der Waals surface area contributed by atoms with E-state index in [0.29, 0.717) is 6.04 Å². The first kappa shape index (κ1) is 13.8. The summed E-state index contributed by atoms with van der Waals surface area (Å²) in [6.45, 7) is 5.62. The SMILES string of the molecule is CCCNC(c1ccsc1C)C1CSCCS1. The van der Waals surface area contributed by atoms with Crippen molar-refractivity contribution in [1.29, 1.82) is 0 Å². The highest BCUT2D eigenvalue weighted by atomic mass is 32.2. The molecular formula is C13H21NS3. The minimum atomic E-state index is 0.555. The molecule has 1 aromatic heterocycles. The number of hydrogen-bond acceptors (Lipinski definition) is 4. The van der Waals surface area contributed by atoms with Gasteiger partial charge in [0.05, 0.1) is 0 Å². The van der Waals surface area contributed by atoms with Gasteiger partial charge in [0.15, 0.2) is 0 Å². The lowest BCUT2D eigenvalue weighted by Crippen LogP contribution is -2.34. The molecule has 2 atom stereocenters. The monoisotopic (exact) mass is 287 g/mol. The summed E-state index contributed by atoms with van der Waals surface area (Å²) in [6.07, 6.45) is 1.21. The molecule has 17 heavy (non-hydrogen) atoms. The second-order valence-corrected chi connectivity index (χ2v) is 7.97. The molecule has 1 N–H and O–H groups in total. The van der Waals surface area contributed by atoms with Crippen molar-refractivity contribution in [3.8, 4) is 0 Å². The molecule has 2 heterocycles. The van der Waals surface area contributed by atoms with Gasteiger partial charge in [0.25, 0.3) is 0 Å². The molecular weight excluding hydrogens is 266 g/mol. The van der Waals surface area contributed by atoms with E-state index in [4.69, 9.17) is 0 Å². The zero-order valence-corrected chi connectivity index (χ0v) is 13.0. The molecule has 0 saturated carbocycles. The van der Waals surface area contributed by atoms with Crippen LogP contribution >= 0.6 is 34.9 Å². The van der Waals surface area contributed by atoms with Crippen LogP contribution in [0.5, 0.6) is 0 Å². The predicted molar refractivity (Wildman–Crippen MR) is 83.7 cm³/mol. The summed E-state index contributed by atoms with van der Waals surface area (Å²) in [7, 11) is 0. The van der Waals surface area contributed by atoms with Gasteiger partial charge in [-0.1, -0.05) is 6.92 Å². The maximum atomic E-state index is 3.75. The van der Waals surface area contributed by atoms with Gasteiger partial charge in [0.1, 0.15) is 0 Å². The molecule has 4 heteroatoms. The van der Waals surface area contributed by atoms with Crippen LogP contribution in [-0.2, 0) is 0 Å². The Morgan fingerprint density at radius 3 is 2.94 bits per heavy atom. The third-order valence-corrected chi connectivity index (χ3v) is 6.79. The van der Waals surface area contributed by atoms with Crippen molar-refractivity contribution in [2.24, 2.45) is 0 Å². The molecule has 0 radical (unpaired) electrons. The van der Waals surface area contributed by atoms with Crippen molar-refractivity contribution in [1.82, 2.24) is 5.32 Å². The second kappa shape index (κ2) is 7.07. The fraction of sp³-hybridized carbons (Fsp3) is 0.692. The number of aryl methyl sites for hydroxylation is 1. The lowest BCUT2D eigenvalue weighted by atomic mass is 10.1. The summed E-state index contributed by atoms with van der Waals surface area (Å²) < 4.78 is 0. The van der Waals surface area contributed by atoms with E-state index in [-0.39, 0.29) is 0 Å². The molecule has 0 amide bonds. The number of thiophene rings is 1. The lowest BCUT2D eigenvalue weighted by molar-refractivity contribution is 0.530. The van der Waals surface area contributed by atoms with Crippen LogP contribution in [0, 0.1) is 6.92 Å². The van der Waals surface area contributed by atoms with Gasteiger partial charge < -0.3 is 5.32 Å². The minimum absolute atomic E-state index is 0.555. The standard InChI is InChI=1S/C13H21NS3/c1-3-5-14-13(11-4-6-16-10(11)2)12-9-15-7-8-17-12/h4,6,12-14H,3,5,7-9H2,1-2H3. The summed E-state index contributed by atoms with van der Waals surface area (Å²) in [5.74, 6) is 3.93. The van der Waals surface area contributed by atoms with Crippen LogP contribution in [0.3, 0.4) is 0 Å². The Morgan fingerprint density at radius 2 is 2.35 bits per heavy atom. The zero-order valence-electron chi connectivity index (χ0n) is 10.6. The van der Waals surface area contributed by atoms with E-state index in [2.05, 4.69) is 54.1 Å². The van der Waals surface area contributed by atoms with Crippen LogP contribution in [-0.4, -0.2) is 29.1 Å². The Kier molecular flexibility index (Phi) is 5.74. The highest BCUT2D eigenvalue weighted by Gasteiger charge is 2.26. The Hall–Kier alpha value is 0.360. The molecule has 1 aliphatic heterocycles. The van der Waals surface area contributed by atoms with Crippen molar-refractivity contribution in [2.45, 2.75) is 31.6 Å². The maximum absolute atomic E-state index is 3.75. The number of rotatable bonds is 5. The Morgan fingerprint density at radius 1 is 1.47 bits per heavy atom. The van der Waals surface area contributed by atoms with Gasteiger partial charge in [-0.3, -0.25) is 0 Å². The summed E-state index contributed by atoms with van der Waals surface area (Å²) in [5.41, 5.74) is 1.53. The molecule has 1 nitrogen and oxygen atoms in total. The molecule has 96 valence electrons. The molecule has 1 aliphatic rings. The molecule has 0 aromatic carbocycles. The Bertz CT molecular complexity index is 331. The van der Waals surface area contributed by atoms with Crippen molar-refractivity contribution < 1.29 is 0 Å². The van der Waals surface area contributed by atoms with Gasteiger partial charge >= 0.3 is 0 Å². The summed E-state index contributed by atoms with van der Waals surface area (Å²) in [4.78, 5) is 1.48. The first-order valence-corrected chi connectivity index (χ1v) is 9.38. The van der Waals surface area contributed by atoms with Crippen molar-refractivity contribution >= 4 is 34.9 Å². The fourth-order valence-electron chi connectivity index (χ4n) is 2.16. The number of hydrogen-bond donors (Lipinski definition) is 1. The topological polar surface area (TPSA) is 12.0 Å². The maximum Gasteiger partial charge on any atom is 0.0459 e.